The van der Waals surface area contributed by atoms with Gasteiger partial charge in [-0.3, -0.25) is 0 Å². The molecule has 3 rings (SSSR count). The predicted octanol–water partition coefficient (Wildman–Crippen LogP) is 4.09. The Balaban J connectivity index is 2.28. The van der Waals surface area contributed by atoms with Gasteiger partial charge in [0.1, 0.15) is 11.5 Å². The number of rotatable bonds is 1. The van der Waals surface area contributed by atoms with Gasteiger partial charge in [0.15, 0.2) is 0 Å². The van der Waals surface area contributed by atoms with Gasteiger partial charge in [0.25, 0.3) is 0 Å². The lowest BCUT2D eigenvalue weighted by Gasteiger charge is -2.28. The molecule has 2 N–H and O–H groups in total. The van der Waals surface area contributed by atoms with E-state index < -0.39 is 0 Å². The van der Waals surface area contributed by atoms with Crippen LogP contribution in [-0.2, 0) is 10.8 Å². The monoisotopic (exact) mass is 268 g/mol. The highest BCUT2D eigenvalue weighted by Gasteiger charge is 2.47. The molecule has 2 aromatic carbocycles. The second-order valence-corrected chi connectivity index (χ2v) is 6.64. The first kappa shape index (κ1) is 13.0. The van der Waals surface area contributed by atoms with Gasteiger partial charge in [-0.15, -0.1) is 0 Å². The average molecular weight is 268 g/mol. The fourth-order valence-corrected chi connectivity index (χ4v) is 3.85. The van der Waals surface area contributed by atoms with Crippen LogP contribution in [-0.4, -0.2) is 10.2 Å². The van der Waals surface area contributed by atoms with Crippen molar-refractivity contribution in [3.05, 3.63) is 59.2 Å². The van der Waals surface area contributed by atoms with Crippen molar-refractivity contribution in [1.82, 2.24) is 0 Å². The van der Waals surface area contributed by atoms with Gasteiger partial charge >= 0.3 is 0 Å². The number of benzene rings is 2. The van der Waals surface area contributed by atoms with Crippen LogP contribution in [0.2, 0.25) is 0 Å². The van der Waals surface area contributed by atoms with Gasteiger partial charge in [-0.25, -0.2) is 0 Å². The molecule has 1 aliphatic rings. The summed E-state index contributed by atoms with van der Waals surface area (Å²) in [6.07, 6.45) is 0.913. The standard InChI is InChI=1S/C18H20O2/c1-17(2)11-18(3,12-6-4-7-13(19)10-12)16-14(17)8-5-9-15(16)20/h4-10,19-20H,11H2,1-3H3. The molecule has 2 heteroatoms. The number of fused-ring (bicyclic) bond motifs is 1. The fraction of sp³-hybridized carbons (Fsp3) is 0.333. The highest BCUT2D eigenvalue weighted by molar-refractivity contribution is 5.57. The maximum absolute atomic E-state index is 10.4. The maximum atomic E-state index is 10.4. The number of phenolic OH excluding ortho intramolecular Hbond substituents is 2. The summed E-state index contributed by atoms with van der Waals surface area (Å²) < 4.78 is 0. The highest BCUT2D eigenvalue weighted by atomic mass is 16.3. The van der Waals surface area contributed by atoms with E-state index in [1.54, 1.807) is 18.2 Å². The molecule has 2 aromatic rings. The molecule has 0 heterocycles. The van der Waals surface area contributed by atoms with E-state index in [9.17, 15) is 10.2 Å². The van der Waals surface area contributed by atoms with Gasteiger partial charge in [0, 0.05) is 11.0 Å². The molecule has 1 unspecified atom stereocenters. The molecular weight excluding hydrogens is 248 g/mol. The number of hydrogen-bond donors (Lipinski definition) is 2. The highest BCUT2D eigenvalue weighted by Crippen LogP contribution is 2.55. The normalized spacial score (nSPS) is 23.6. The van der Waals surface area contributed by atoms with E-state index in [1.165, 1.54) is 5.56 Å². The van der Waals surface area contributed by atoms with Crippen molar-refractivity contribution in [2.45, 2.75) is 38.0 Å². The molecule has 0 saturated carbocycles. The van der Waals surface area contributed by atoms with Crippen molar-refractivity contribution < 1.29 is 10.2 Å². The minimum Gasteiger partial charge on any atom is -0.508 e. The molecule has 0 amide bonds. The zero-order chi connectivity index (χ0) is 14.5. The molecule has 2 nitrogen and oxygen atoms in total. The van der Waals surface area contributed by atoms with E-state index in [2.05, 4.69) is 26.8 Å². The first-order chi connectivity index (χ1) is 9.34. The third-order valence-corrected chi connectivity index (χ3v) is 4.60. The fourth-order valence-electron chi connectivity index (χ4n) is 3.85. The topological polar surface area (TPSA) is 40.5 Å². The van der Waals surface area contributed by atoms with Crippen LogP contribution < -0.4 is 0 Å². The van der Waals surface area contributed by atoms with E-state index >= 15 is 0 Å². The molecule has 0 bridgehead atoms. The second-order valence-electron chi connectivity index (χ2n) is 6.64. The van der Waals surface area contributed by atoms with Crippen LogP contribution in [0.5, 0.6) is 11.5 Å². The van der Waals surface area contributed by atoms with E-state index in [4.69, 9.17) is 0 Å². The Morgan fingerprint density at radius 3 is 2.35 bits per heavy atom. The maximum Gasteiger partial charge on any atom is 0.119 e. The summed E-state index contributed by atoms with van der Waals surface area (Å²) in [5, 5.41) is 20.1. The quantitative estimate of drug-likeness (QED) is 0.818. The first-order valence-corrected chi connectivity index (χ1v) is 6.97. The van der Waals surface area contributed by atoms with Crippen LogP contribution in [0.15, 0.2) is 42.5 Å². The Labute approximate surface area is 119 Å². The third-order valence-electron chi connectivity index (χ3n) is 4.60. The first-order valence-electron chi connectivity index (χ1n) is 6.97. The lowest BCUT2D eigenvalue weighted by molar-refractivity contribution is 0.409. The molecule has 0 saturated heterocycles. The summed E-state index contributed by atoms with van der Waals surface area (Å²) in [6, 6.07) is 13.1. The Bertz CT molecular complexity index is 673. The molecule has 1 aliphatic carbocycles. The van der Waals surface area contributed by atoms with Gasteiger partial charge < -0.3 is 10.2 Å². The smallest absolute Gasteiger partial charge is 0.119 e. The van der Waals surface area contributed by atoms with Gasteiger partial charge in [0.05, 0.1) is 0 Å². The van der Waals surface area contributed by atoms with Gasteiger partial charge in [-0.1, -0.05) is 45.0 Å². The SMILES string of the molecule is CC1(C)CC(C)(c2cccc(O)c2)c2c(O)cccc21. The Kier molecular flexibility index (Phi) is 2.62. The molecule has 0 aliphatic heterocycles. The summed E-state index contributed by atoms with van der Waals surface area (Å²) in [6.45, 7) is 6.56. The van der Waals surface area contributed by atoms with E-state index in [0.717, 1.165) is 17.5 Å². The largest absolute Gasteiger partial charge is 0.508 e. The van der Waals surface area contributed by atoms with Crippen LogP contribution in [0.1, 0.15) is 43.9 Å². The van der Waals surface area contributed by atoms with Crippen molar-refractivity contribution >= 4 is 0 Å². The zero-order valence-electron chi connectivity index (χ0n) is 12.1. The lowest BCUT2D eigenvalue weighted by atomic mass is 9.75. The number of aromatic hydroxyl groups is 2. The summed E-state index contributed by atoms with van der Waals surface area (Å²) in [5.41, 5.74) is 2.97. The average Bonchev–Trinajstić information content (AvgIpc) is 2.59. The molecule has 1 atom stereocenters. The van der Waals surface area contributed by atoms with Crippen LogP contribution in [0.3, 0.4) is 0 Å². The van der Waals surface area contributed by atoms with Crippen molar-refractivity contribution in [3.8, 4) is 11.5 Å². The Morgan fingerprint density at radius 1 is 0.950 bits per heavy atom. The Morgan fingerprint density at radius 2 is 1.65 bits per heavy atom. The summed E-state index contributed by atoms with van der Waals surface area (Å²) in [5.74, 6) is 0.615. The molecule has 20 heavy (non-hydrogen) atoms. The summed E-state index contributed by atoms with van der Waals surface area (Å²) in [7, 11) is 0. The zero-order valence-corrected chi connectivity index (χ0v) is 12.1. The summed E-state index contributed by atoms with van der Waals surface area (Å²) in [4.78, 5) is 0. The van der Waals surface area contributed by atoms with Crippen molar-refractivity contribution in [3.63, 3.8) is 0 Å². The van der Waals surface area contributed by atoms with Crippen LogP contribution in [0, 0.1) is 0 Å². The van der Waals surface area contributed by atoms with Crippen LogP contribution in [0.25, 0.3) is 0 Å². The number of hydrogen-bond acceptors (Lipinski definition) is 2. The molecular formula is C18H20O2. The predicted molar refractivity (Wildman–Crippen MR) is 80.3 cm³/mol. The molecule has 0 spiro atoms. The second kappa shape index (κ2) is 4.02. The van der Waals surface area contributed by atoms with Gasteiger partial charge in [0.2, 0.25) is 0 Å². The van der Waals surface area contributed by atoms with Crippen molar-refractivity contribution in [1.29, 1.82) is 0 Å². The minimum absolute atomic E-state index is 0.00822. The van der Waals surface area contributed by atoms with Gasteiger partial charge in [-0.05, 0) is 41.2 Å². The van der Waals surface area contributed by atoms with Crippen LogP contribution >= 0.6 is 0 Å². The van der Waals surface area contributed by atoms with E-state index in [0.29, 0.717) is 5.75 Å². The molecule has 0 radical (unpaired) electrons. The van der Waals surface area contributed by atoms with Crippen LogP contribution in [0.4, 0.5) is 0 Å². The molecule has 0 aromatic heterocycles. The van der Waals surface area contributed by atoms with Crippen molar-refractivity contribution in [2.75, 3.05) is 0 Å². The third kappa shape index (κ3) is 1.71. The lowest BCUT2D eigenvalue weighted by Crippen LogP contribution is -2.23. The molecule has 0 fully saturated rings. The number of phenols is 2. The Hall–Kier alpha value is -1.96. The van der Waals surface area contributed by atoms with E-state index in [-0.39, 0.29) is 16.6 Å². The van der Waals surface area contributed by atoms with Crippen molar-refractivity contribution in [2.24, 2.45) is 0 Å². The van der Waals surface area contributed by atoms with E-state index in [1.807, 2.05) is 18.2 Å². The van der Waals surface area contributed by atoms with Gasteiger partial charge in [-0.2, -0.15) is 0 Å². The molecule has 104 valence electrons. The summed E-state index contributed by atoms with van der Waals surface area (Å²) >= 11 is 0. The minimum atomic E-state index is -0.275.